The van der Waals surface area contributed by atoms with E-state index in [2.05, 4.69) is 163 Å². The monoisotopic (exact) mass is 670 g/mol. The van der Waals surface area contributed by atoms with Crippen molar-refractivity contribution < 1.29 is 4.42 Å². The average molecular weight is 671 g/mol. The van der Waals surface area contributed by atoms with Crippen molar-refractivity contribution >= 4 is 70.4 Å². The molecule has 0 fully saturated rings. The summed E-state index contributed by atoms with van der Waals surface area (Å²) in [6, 6.07) is 64.7. The van der Waals surface area contributed by atoms with Crippen molar-refractivity contribution in [3.05, 3.63) is 182 Å². The second-order valence-corrected chi connectivity index (χ2v) is 13.9. The van der Waals surface area contributed by atoms with Crippen molar-refractivity contribution in [3.63, 3.8) is 0 Å². The van der Waals surface area contributed by atoms with Crippen molar-refractivity contribution in [1.29, 1.82) is 0 Å². The number of rotatable bonds is 6. The molecule has 0 atom stereocenters. The Hall–Kier alpha value is -6.49. The molecule has 0 radical (unpaired) electrons. The highest BCUT2D eigenvalue weighted by atomic mass is 32.1. The molecule has 0 unspecified atom stereocenters. The molecule has 0 saturated heterocycles. The van der Waals surface area contributed by atoms with Gasteiger partial charge in [0.25, 0.3) is 0 Å². The van der Waals surface area contributed by atoms with E-state index in [-0.39, 0.29) is 0 Å². The summed E-state index contributed by atoms with van der Waals surface area (Å²) in [5, 5.41) is 4.87. The van der Waals surface area contributed by atoms with E-state index in [1.54, 1.807) is 11.3 Å². The Balaban J connectivity index is 1.08. The van der Waals surface area contributed by atoms with Gasteiger partial charge in [-0.15, -0.1) is 11.3 Å². The lowest BCUT2D eigenvalue weighted by atomic mass is 10.0. The topological polar surface area (TPSA) is 29.3 Å². The fraction of sp³-hybridized carbons (Fsp3) is 0. The van der Waals surface area contributed by atoms with Gasteiger partial charge < -0.3 is 9.32 Å². The first kappa shape index (κ1) is 29.4. The van der Waals surface area contributed by atoms with Gasteiger partial charge in [0.15, 0.2) is 5.58 Å². The second kappa shape index (κ2) is 12.1. The zero-order valence-electron chi connectivity index (χ0n) is 27.5. The number of para-hydroxylation sites is 2. The number of oxazole rings is 1. The standard InChI is InChI=1S/C47H30N2OS/c1-2-9-31(10-3-1)33-19-23-37(24-20-33)49(38-25-21-34(22-26-38)36-18-17-32-11-4-5-12-35(32)29-36)39-27-28-40-45(30-39)51-44-16-8-13-41(46(40)44)47-48-42-14-6-7-15-43(42)50-47/h1-30H. The molecule has 0 aliphatic rings. The van der Waals surface area contributed by atoms with E-state index in [1.165, 1.54) is 53.2 Å². The summed E-state index contributed by atoms with van der Waals surface area (Å²) in [7, 11) is 0. The van der Waals surface area contributed by atoms with Gasteiger partial charge >= 0.3 is 0 Å². The Labute approximate surface area is 299 Å². The minimum absolute atomic E-state index is 0.650. The summed E-state index contributed by atoms with van der Waals surface area (Å²) in [4.78, 5) is 7.20. The van der Waals surface area contributed by atoms with Gasteiger partial charge in [0.05, 0.1) is 0 Å². The predicted octanol–water partition coefficient (Wildman–Crippen LogP) is 13.8. The smallest absolute Gasteiger partial charge is 0.227 e. The first-order valence-electron chi connectivity index (χ1n) is 17.1. The molecule has 0 bridgehead atoms. The molecule has 0 N–H and O–H groups in total. The van der Waals surface area contributed by atoms with E-state index >= 15 is 0 Å². The fourth-order valence-electron chi connectivity index (χ4n) is 7.17. The van der Waals surface area contributed by atoms with E-state index < -0.39 is 0 Å². The Kier molecular flexibility index (Phi) is 7.00. The van der Waals surface area contributed by atoms with Gasteiger partial charge in [-0.2, -0.15) is 0 Å². The Morgan fingerprint density at radius 3 is 1.88 bits per heavy atom. The third-order valence-corrected chi connectivity index (χ3v) is 10.8. The molecule has 2 heterocycles. The van der Waals surface area contributed by atoms with Crippen molar-refractivity contribution in [2.75, 3.05) is 4.90 Å². The van der Waals surface area contributed by atoms with Crippen LogP contribution in [0.25, 0.3) is 75.8 Å². The lowest BCUT2D eigenvalue weighted by molar-refractivity contribution is 0.620. The van der Waals surface area contributed by atoms with Crippen LogP contribution in [0.15, 0.2) is 186 Å². The molecule has 8 aromatic carbocycles. The molecule has 51 heavy (non-hydrogen) atoms. The van der Waals surface area contributed by atoms with Gasteiger partial charge in [-0.05, 0) is 99.8 Å². The van der Waals surface area contributed by atoms with E-state index in [9.17, 15) is 0 Å². The minimum atomic E-state index is 0.650. The Morgan fingerprint density at radius 2 is 1.10 bits per heavy atom. The third-order valence-electron chi connectivity index (χ3n) is 9.70. The summed E-state index contributed by atoms with van der Waals surface area (Å²) in [6.07, 6.45) is 0. The molecule has 0 aliphatic heterocycles. The molecular formula is C47H30N2OS. The maximum absolute atomic E-state index is 6.25. The number of nitrogens with zero attached hydrogens (tertiary/aromatic N) is 2. The van der Waals surface area contributed by atoms with Crippen LogP contribution in [0.5, 0.6) is 0 Å². The number of thiophene rings is 1. The highest BCUT2D eigenvalue weighted by molar-refractivity contribution is 7.26. The molecular weight excluding hydrogens is 641 g/mol. The quantitative estimate of drug-likeness (QED) is 0.176. The van der Waals surface area contributed by atoms with Gasteiger partial charge in [0, 0.05) is 42.8 Å². The van der Waals surface area contributed by atoms with Crippen LogP contribution in [0.1, 0.15) is 0 Å². The summed E-state index contributed by atoms with van der Waals surface area (Å²) >= 11 is 1.80. The molecule has 0 spiro atoms. The highest BCUT2D eigenvalue weighted by Crippen LogP contribution is 2.44. The largest absolute Gasteiger partial charge is 0.436 e. The molecule has 240 valence electrons. The van der Waals surface area contributed by atoms with Gasteiger partial charge in [0.2, 0.25) is 5.89 Å². The first-order chi connectivity index (χ1) is 25.2. The molecule has 0 amide bonds. The van der Waals surface area contributed by atoms with E-state index in [0.717, 1.165) is 33.7 Å². The lowest BCUT2D eigenvalue weighted by Gasteiger charge is -2.26. The van der Waals surface area contributed by atoms with Crippen LogP contribution in [0.2, 0.25) is 0 Å². The van der Waals surface area contributed by atoms with Crippen LogP contribution >= 0.6 is 11.3 Å². The van der Waals surface area contributed by atoms with Crippen molar-refractivity contribution in [2.24, 2.45) is 0 Å². The highest BCUT2D eigenvalue weighted by Gasteiger charge is 2.19. The number of benzene rings is 8. The minimum Gasteiger partial charge on any atom is -0.436 e. The fourth-order valence-corrected chi connectivity index (χ4v) is 8.34. The Morgan fingerprint density at radius 1 is 0.451 bits per heavy atom. The van der Waals surface area contributed by atoms with Gasteiger partial charge in [-0.1, -0.05) is 115 Å². The van der Waals surface area contributed by atoms with Crippen LogP contribution in [0, 0.1) is 0 Å². The summed E-state index contributed by atoms with van der Waals surface area (Å²) in [6.45, 7) is 0. The second-order valence-electron chi connectivity index (χ2n) is 12.8. The van der Waals surface area contributed by atoms with E-state index in [1.807, 2.05) is 24.3 Å². The van der Waals surface area contributed by atoms with Crippen molar-refractivity contribution in [3.8, 4) is 33.7 Å². The summed E-state index contributed by atoms with van der Waals surface area (Å²) in [5.41, 5.74) is 10.8. The zero-order valence-corrected chi connectivity index (χ0v) is 28.3. The Bertz CT molecular complexity index is 2820. The third kappa shape index (κ3) is 5.25. The maximum atomic E-state index is 6.25. The SMILES string of the molecule is c1ccc(-c2ccc(N(c3ccc(-c4ccc5ccccc5c4)cc3)c3ccc4c(c3)sc3cccc(-c5nc6ccccc6o5)c34)cc2)cc1. The van der Waals surface area contributed by atoms with Gasteiger partial charge in [-0.25, -0.2) is 4.98 Å². The number of fused-ring (bicyclic) bond motifs is 5. The van der Waals surface area contributed by atoms with Crippen LogP contribution in [-0.4, -0.2) is 4.98 Å². The molecule has 0 saturated carbocycles. The van der Waals surface area contributed by atoms with Crippen LogP contribution < -0.4 is 4.90 Å². The number of anilines is 3. The summed E-state index contributed by atoms with van der Waals surface area (Å²) < 4.78 is 8.67. The molecule has 10 aromatic rings. The molecule has 3 nitrogen and oxygen atoms in total. The first-order valence-corrected chi connectivity index (χ1v) is 17.9. The van der Waals surface area contributed by atoms with Gasteiger partial charge in [-0.3, -0.25) is 0 Å². The maximum Gasteiger partial charge on any atom is 0.227 e. The van der Waals surface area contributed by atoms with E-state index in [4.69, 9.17) is 9.40 Å². The molecule has 2 aromatic heterocycles. The molecule has 4 heteroatoms. The van der Waals surface area contributed by atoms with Crippen molar-refractivity contribution in [2.45, 2.75) is 0 Å². The predicted molar refractivity (Wildman–Crippen MR) is 215 cm³/mol. The normalized spacial score (nSPS) is 11.5. The van der Waals surface area contributed by atoms with Crippen LogP contribution in [0.3, 0.4) is 0 Å². The van der Waals surface area contributed by atoms with Crippen LogP contribution in [-0.2, 0) is 0 Å². The van der Waals surface area contributed by atoms with Crippen LogP contribution in [0.4, 0.5) is 17.1 Å². The number of hydrogen-bond donors (Lipinski definition) is 0. The lowest BCUT2D eigenvalue weighted by Crippen LogP contribution is -2.09. The number of hydrogen-bond acceptors (Lipinski definition) is 4. The zero-order chi connectivity index (χ0) is 33.7. The average Bonchev–Trinajstić information content (AvgIpc) is 3.80. The molecule has 0 aliphatic carbocycles. The van der Waals surface area contributed by atoms with Crippen molar-refractivity contribution in [1.82, 2.24) is 4.98 Å². The number of aromatic nitrogens is 1. The van der Waals surface area contributed by atoms with E-state index in [0.29, 0.717) is 5.89 Å². The summed E-state index contributed by atoms with van der Waals surface area (Å²) in [5.74, 6) is 0.650. The molecule has 10 rings (SSSR count). The van der Waals surface area contributed by atoms with Gasteiger partial charge in [0.1, 0.15) is 5.52 Å².